The summed E-state index contributed by atoms with van der Waals surface area (Å²) in [6, 6.07) is 11.1. The average molecular weight is 471 g/mol. The van der Waals surface area contributed by atoms with Gasteiger partial charge in [0.05, 0.1) is 17.6 Å². The lowest BCUT2D eigenvalue weighted by Crippen LogP contribution is -2.60. The highest BCUT2D eigenvalue weighted by Crippen LogP contribution is 2.63. The number of alkyl halides is 3. The van der Waals surface area contributed by atoms with Gasteiger partial charge in [-0.15, -0.1) is 0 Å². The predicted octanol–water partition coefficient (Wildman–Crippen LogP) is 6.21. The number of rotatable bonds is 3. The van der Waals surface area contributed by atoms with Gasteiger partial charge in [-0.2, -0.15) is 13.2 Å². The summed E-state index contributed by atoms with van der Waals surface area (Å²) in [6.07, 6.45) is 0.725. The molecule has 7 heteroatoms. The van der Waals surface area contributed by atoms with E-state index in [1.165, 1.54) is 12.1 Å². The molecule has 1 amide bonds. The summed E-state index contributed by atoms with van der Waals surface area (Å²) in [5.41, 5.74) is 2.77. The average Bonchev–Trinajstić information content (AvgIpc) is 3.61. The molecule has 1 spiro atoms. The molecule has 4 nitrogen and oxygen atoms in total. The molecular weight excluding hydrogens is 441 g/mol. The van der Waals surface area contributed by atoms with Crippen LogP contribution < -0.4 is 0 Å². The van der Waals surface area contributed by atoms with Crippen LogP contribution >= 0.6 is 0 Å². The van der Waals surface area contributed by atoms with E-state index in [2.05, 4.69) is 4.90 Å². The van der Waals surface area contributed by atoms with Crippen molar-refractivity contribution in [3.05, 3.63) is 59.2 Å². The maximum Gasteiger partial charge on any atom is 0.416 e. The molecule has 34 heavy (non-hydrogen) atoms. The van der Waals surface area contributed by atoms with Gasteiger partial charge in [-0.25, -0.2) is 4.79 Å². The highest BCUT2D eigenvalue weighted by Gasteiger charge is 2.57. The Bertz CT molecular complexity index is 1120. The van der Waals surface area contributed by atoms with Crippen LogP contribution in [0.5, 0.6) is 0 Å². The summed E-state index contributed by atoms with van der Waals surface area (Å²) in [4.78, 5) is 16.9. The van der Waals surface area contributed by atoms with Gasteiger partial charge in [0.2, 0.25) is 0 Å². The van der Waals surface area contributed by atoms with Crippen LogP contribution in [0.1, 0.15) is 54.8 Å². The van der Waals surface area contributed by atoms with Gasteiger partial charge in [-0.3, -0.25) is 4.90 Å². The van der Waals surface area contributed by atoms with E-state index in [4.69, 9.17) is 0 Å². The van der Waals surface area contributed by atoms with E-state index < -0.39 is 17.8 Å². The molecule has 2 bridgehead atoms. The molecule has 5 aliphatic rings. The second-order valence-electron chi connectivity index (χ2n) is 10.7. The van der Waals surface area contributed by atoms with Gasteiger partial charge in [0.25, 0.3) is 0 Å². The quantitative estimate of drug-likeness (QED) is 0.580. The highest BCUT2D eigenvalue weighted by molar-refractivity contribution is 5.69. The van der Waals surface area contributed by atoms with Gasteiger partial charge >= 0.3 is 12.3 Å². The zero-order chi connectivity index (χ0) is 23.7. The van der Waals surface area contributed by atoms with Crippen LogP contribution in [0, 0.1) is 11.3 Å². The van der Waals surface area contributed by atoms with Crippen molar-refractivity contribution in [1.29, 1.82) is 0 Å². The van der Waals surface area contributed by atoms with Gasteiger partial charge in [-0.1, -0.05) is 30.3 Å². The van der Waals surface area contributed by atoms with Crippen molar-refractivity contribution in [3.63, 3.8) is 0 Å². The minimum Gasteiger partial charge on any atom is -0.465 e. The van der Waals surface area contributed by atoms with Crippen LogP contribution in [0.15, 0.2) is 42.5 Å². The first-order chi connectivity index (χ1) is 16.2. The molecule has 0 aromatic heterocycles. The second kappa shape index (κ2) is 7.74. The lowest BCUT2D eigenvalue weighted by Gasteiger charge is -2.52. The molecule has 2 aromatic carbocycles. The van der Waals surface area contributed by atoms with Crippen LogP contribution in [-0.4, -0.2) is 46.7 Å². The first-order valence-corrected chi connectivity index (χ1v) is 12.3. The van der Waals surface area contributed by atoms with Gasteiger partial charge in [0.15, 0.2) is 0 Å². The topological polar surface area (TPSA) is 43.8 Å². The Morgan fingerprint density at radius 3 is 2.38 bits per heavy atom. The highest BCUT2D eigenvalue weighted by atomic mass is 19.4. The number of amides is 1. The fourth-order valence-corrected chi connectivity index (χ4v) is 6.82. The Morgan fingerprint density at radius 1 is 1.03 bits per heavy atom. The normalized spacial score (nSPS) is 29.0. The molecule has 1 unspecified atom stereocenters. The monoisotopic (exact) mass is 470 g/mol. The first-order valence-electron chi connectivity index (χ1n) is 12.3. The van der Waals surface area contributed by atoms with Gasteiger partial charge in [0, 0.05) is 6.54 Å². The first kappa shape index (κ1) is 22.0. The summed E-state index contributed by atoms with van der Waals surface area (Å²) >= 11 is 0. The number of halogens is 3. The SMILES string of the molecule is O=C(O)N(C1CN2CCC1CC2)[C@@H]1c2ccc(-c3cccc(C(F)(F)F)c3)cc2CCC12CC2. The lowest BCUT2D eigenvalue weighted by atomic mass is 9.73. The van der Waals surface area contributed by atoms with Crippen LogP contribution in [-0.2, 0) is 12.6 Å². The molecule has 3 saturated heterocycles. The molecular formula is C27H29F3N2O2. The third-order valence-corrected chi connectivity index (χ3v) is 8.80. The van der Waals surface area contributed by atoms with Crippen molar-refractivity contribution in [3.8, 4) is 11.1 Å². The Hall–Kier alpha value is -2.54. The summed E-state index contributed by atoms with van der Waals surface area (Å²) in [6.45, 7) is 2.92. The van der Waals surface area contributed by atoms with E-state index in [1.54, 1.807) is 11.0 Å². The fourth-order valence-electron chi connectivity index (χ4n) is 6.82. The number of nitrogens with zero attached hydrogens (tertiary/aromatic N) is 2. The zero-order valence-corrected chi connectivity index (χ0v) is 19.0. The van der Waals surface area contributed by atoms with E-state index >= 15 is 0 Å². The molecule has 2 aliphatic carbocycles. The molecule has 4 fully saturated rings. The molecule has 7 rings (SSSR count). The summed E-state index contributed by atoms with van der Waals surface area (Å²) in [7, 11) is 0. The molecule has 180 valence electrons. The molecule has 0 radical (unpaired) electrons. The summed E-state index contributed by atoms with van der Waals surface area (Å²) in [5, 5.41) is 10.4. The predicted molar refractivity (Wildman–Crippen MR) is 122 cm³/mol. The Morgan fingerprint density at radius 2 is 1.76 bits per heavy atom. The molecule has 1 saturated carbocycles. The second-order valence-corrected chi connectivity index (χ2v) is 10.7. The number of aryl methyl sites for hydroxylation is 1. The van der Waals surface area contributed by atoms with Crippen molar-refractivity contribution in [2.24, 2.45) is 11.3 Å². The van der Waals surface area contributed by atoms with E-state index in [0.29, 0.717) is 11.5 Å². The van der Waals surface area contributed by atoms with Crippen LogP contribution in [0.2, 0.25) is 0 Å². The van der Waals surface area contributed by atoms with Gasteiger partial charge in [0.1, 0.15) is 0 Å². The minimum atomic E-state index is -4.38. The Labute approximate surface area is 197 Å². The van der Waals surface area contributed by atoms with Crippen LogP contribution in [0.4, 0.5) is 18.0 Å². The van der Waals surface area contributed by atoms with Crippen molar-refractivity contribution >= 4 is 6.09 Å². The molecule has 3 heterocycles. The maximum atomic E-state index is 13.2. The van der Waals surface area contributed by atoms with Crippen molar-refractivity contribution in [2.45, 2.75) is 56.8 Å². The van der Waals surface area contributed by atoms with Crippen LogP contribution in [0.3, 0.4) is 0 Å². The Balaban J connectivity index is 1.39. The van der Waals surface area contributed by atoms with E-state index in [0.717, 1.165) is 80.9 Å². The molecule has 2 aromatic rings. The molecule has 1 N–H and O–H groups in total. The minimum absolute atomic E-state index is 0.00906. The number of fused-ring (bicyclic) bond motifs is 4. The van der Waals surface area contributed by atoms with Gasteiger partial charge in [-0.05, 0) is 97.3 Å². The number of benzene rings is 2. The lowest BCUT2D eigenvalue weighted by molar-refractivity contribution is -0.137. The van der Waals surface area contributed by atoms with Crippen molar-refractivity contribution in [1.82, 2.24) is 9.80 Å². The van der Waals surface area contributed by atoms with Crippen LogP contribution in [0.25, 0.3) is 11.1 Å². The smallest absolute Gasteiger partial charge is 0.416 e. The molecule has 2 atom stereocenters. The zero-order valence-electron chi connectivity index (χ0n) is 19.0. The molecule has 3 aliphatic heterocycles. The maximum absolute atomic E-state index is 13.2. The standard InChI is InChI=1S/C27H29F3N2O2/c28-27(29,30)21-3-1-2-18(15-21)19-4-5-22-20(14-19)6-9-26(10-11-26)24(22)32(25(33)34)23-16-31-12-7-17(23)8-13-31/h1-5,14-15,17,23-24H,6-13,16H2,(H,33,34)/t23?,24-/m1/s1. The van der Waals surface area contributed by atoms with Crippen molar-refractivity contribution < 1.29 is 23.1 Å². The van der Waals surface area contributed by atoms with Gasteiger partial charge < -0.3 is 10.0 Å². The fraction of sp³-hybridized carbons (Fsp3) is 0.519. The number of carboxylic acid groups (broad SMARTS) is 1. The van der Waals surface area contributed by atoms with E-state index in [1.807, 2.05) is 18.2 Å². The van der Waals surface area contributed by atoms with E-state index in [-0.39, 0.29) is 17.5 Å². The Kier molecular flexibility index (Phi) is 5.00. The third kappa shape index (κ3) is 3.60. The number of piperidine rings is 3. The third-order valence-electron chi connectivity index (χ3n) is 8.80. The summed E-state index contributed by atoms with van der Waals surface area (Å²) in [5.74, 6) is 0.409. The van der Waals surface area contributed by atoms with Crippen molar-refractivity contribution in [2.75, 3.05) is 19.6 Å². The van der Waals surface area contributed by atoms with E-state index in [9.17, 15) is 23.1 Å². The number of hydrogen-bond acceptors (Lipinski definition) is 2. The largest absolute Gasteiger partial charge is 0.465 e. The number of carbonyl (C=O) groups is 1. The number of hydrogen-bond donors (Lipinski definition) is 1. The summed E-state index contributed by atoms with van der Waals surface area (Å²) < 4.78 is 39.7.